The standard InChI is InChI=1S/C20H18BrN3O5/c1-3-12(2)29-18-13(9-14(21)11-17(18)24(27)28)10-16-19(25)22-23(20(16)26)15-7-5-4-6-8-15/h4-12H,3H2,1-2H3,(H,22,25). The van der Waals surface area contributed by atoms with Gasteiger partial charge < -0.3 is 4.74 Å². The van der Waals surface area contributed by atoms with Gasteiger partial charge in [-0.25, -0.2) is 5.01 Å². The van der Waals surface area contributed by atoms with Gasteiger partial charge in [0.1, 0.15) is 5.57 Å². The van der Waals surface area contributed by atoms with Crippen LogP contribution in [0.25, 0.3) is 6.08 Å². The largest absolute Gasteiger partial charge is 0.483 e. The van der Waals surface area contributed by atoms with Crippen LogP contribution in [0.5, 0.6) is 5.75 Å². The van der Waals surface area contributed by atoms with Gasteiger partial charge in [0.25, 0.3) is 11.8 Å². The van der Waals surface area contributed by atoms with E-state index in [1.54, 1.807) is 43.3 Å². The molecule has 0 aliphatic carbocycles. The number of nitro benzene ring substituents is 1. The van der Waals surface area contributed by atoms with Gasteiger partial charge in [-0.1, -0.05) is 41.1 Å². The van der Waals surface area contributed by atoms with Crippen molar-refractivity contribution in [3.63, 3.8) is 0 Å². The number of nitrogens with zero attached hydrogens (tertiary/aromatic N) is 2. The third kappa shape index (κ3) is 4.29. The molecule has 8 nitrogen and oxygen atoms in total. The Hall–Kier alpha value is -3.20. The number of halogens is 1. The lowest BCUT2D eigenvalue weighted by molar-refractivity contribution is -0.386. The summed E-state index contributed by atoms with van der Waals surface area (Å²) in [6.45, 7) is 3.67. The molecular weight excluding hydrogens is 442 g/mol. The minimum atomic E-state index is -0.601. The molecule has 1 unspecified atom stereocenters. The molecule has 1 saturated heterocycles. The second-order valence-electron chi connectivity index (χ2n) is 6.41. The zero-order valence-corrected chi connectivity index (χ0v) is 17.3. The van der Waals surface area contributed by atoms with Crippen molar-refractivity contribution >= 4 is 45.2 Å². The van der Waals surface area contributed by atoms with E-state index in [1.807, 2.05) is 6.92 Å². The van der Waals surface area contributed by atoms with Crippen LogP contribution in [-0.4, -0.2) is 22.8 Å². The van der Waals surface area contributed by atoms with Crippen molar-refractivity contribution in [3.8, 4) is 5.75 Å². The minimum absolute atomic E-state index is 0.0128. The van der Waals surface area contributed by atoms with Gasteiger partial charge in [0.15, 0.2) is 0 Å². The lowest BCUT2D eigenvalue weighted by Crippen LogP contribution is -2.35. The van der Waals surface area contributed by atoms with E-state index < -0.39 is 16.7 Å². The number of benzene rings is 2. The van der Waals surface area contributed by atoms with Crippen LogP contribution < -0.4 is 15.2 Å². The normalized spacial score (nSPS) is 16.1. The number of carbonyl (C=O) groups excluding carboxylic acids is 2. The fourth-order valence-electron chi connectivity index (χ4n) is 2.73. The summed E-state index contributed by atoms with van der Waals surface area (Å²) in [6, 6.07) is 11.5. The van der Waals surface area contributed by atoms with E-state index in [4.69, 9.17) is 4.74 Å². The summed E-state index contributed by atoms with van der Waals surface area (Å²) in [5, 5.41) is 12.7. The summed E-state index contributed by atoms with van der Waals surface area (Å²) in [6.07, 6.45) is 1.65. The van der Waals surface area contributed by atoms with Crippen molar-refractivity contribution in [3.05, 3.63) is 68.2 Å². The summed E-state index contributed by atoms with van der Waals surface area (Å²) >= 11 is 3.24. The van der Waals surface area contributed by atoms with Gasteiger partial charge in [0.05, 0.1) is 16.7 Å². The smallest absolute Gasteiger partial charge is 0.312 e. The van der Waals surface area contributed by atoms with E-state index in [-0.39, 0.29) is 28.7 Å². The second-order valence-corrected chi connectivity index (χ2v) is 7.33. The van der Waals surface area contributed by atoms with Crippen molar-refractivity contribution in [2.24, 2.45) is 0 Å². The lowest BCUT2D eigenvalue weighted by atomic mass is 10.1. The number of amides is 2. The molecule has 2 aromatic carbocycles. The molecule has 150 valence electrons. The maximum absolute atomic E-state index is 12.8. The minimum Gasteiger partial charge on any atom is -0.483 e. The van der Waals surface area contributed by atoms with E-state index in [0.29, 0.717) is 16.6 Å². The number of ether oxygens (including phenoxy) is 1. The molecule has 9 heteroatoms. The topological polar surface area (TPSA) is 102 Å². The Bertz CT molecular complexity index is 1010. The van der Waals surface area contributed by atoms with E-state index in [9.17, 15) is 19.7 Å². The molecule has 0 saturated carbocycles. The lowest BCUT2D eigenvalue weighted by Gasteiger charge is -2.15. The van der Waals surface area contributed by atoms with Crippen LogP contribution in [0.2, 0.25) is 0 Å². The molecule has 1 heterocycles. The van der Waals surface area contributed by atoms with Crippen molar-refractivity contribution in [2.75, 3.05) is 5.01 Å². The Balaban J connectivity index is 2.08. The summed E-state index contributed by atoms with van der Waals surface area (Å²) < 4.78 is 6.20. The molecule has 1 aliphatic heterocycles. The number of carbonyl (C=O) groups is 2. The van der Waals surface area contributed by atoms with E-state index in [2.05, 4.69) is 21.4 Å². The zero-order chi connectivity index (χ0) is 21.1. The number of rotatable bonds is 6. The third-order valence-corrected chi connectivity index (χ3v) is 4.82. The molecular formula is C20H18BrN3O5. The average Bonchev–Trinajstić information content (AvgIpc) is 2.98. The van der Waals surface area contributed by atoms with Crippen molar-refractivity contribution in [1.82, 2.24) is 5.43 Å². The number of hydrazine groups is 1. The van der Waals surface area contributed by atoms with Crippen LogP contribution in [0.15, 0.2) is 52.5 Å². The molecule has 29 heavy (non-hydrogen) atoms. The Morgan fingerprint density at radius 3 is 2.59 bits per heavy atom. The highest BCUT2D eigenvalue weighted by Crippen LogP contribution is 2.37. The van der Waals surface area contributed by atoms with Crippen LogP contribution in [0.4, 0.5) is 11.4 Å². The summed E-state index contributed by atoms with van der Waals surface area (Å²) in [5.74, 6) is -1.15. The van der Waals surface area contributed by atoms with Gasteiger partial charge in [-0.15, -0.1) is 0 Å². The Labute approximate surface area is 175 Å². The highest BCUT2D eigenvalue weighted by molar-refractivity contribution is 9.10. The predicted molar refractivity (Wildman–Crippen MR) is 111 cm³/mol. The summed E-state index contributed by atoms with van der Waals surface area (Å²) in [7, 11) is 0. The first-order valence-electron chi connectivity index (χ1n) is 8.88. The molecule has 3 rings (SSSR count). The molecule has 0 aromatic heterocycles. The quantitative estimate of drug-likeness (QED) is 0.304. The summed E-state index contributed by atoms with van der Waals surface area (Å²) in [5.41, 5.74) is 2.88. The van der Waals surface area contributed by atoms with Gasteiger partial charge in [-0.05, 0) is 37.6 Å². The molecule has 1 atom stereocenters. The van der Waals surface area contributed by atoms with E-state index >= 15 is 0 Å². The average molecular weight is 460 g/mol. The molecule has 2 amide bonds. The van der Waals surface area contributed by atoms with Gasteiger partial charge in [0.2, 0.25) is 5.75 Å². The van der Waals surface area contributed by atoms with E-state index in [0.717, 1.165) is 5.01 Å². The van der Waals surface area contributed by atoms with Crippen LogP contribution in [0.1, 0.15) is 25.8 Å². The SMILES string of the molecule is CCC(C)Oc1c(C=C2C(=O)NN(c3ccccc3)C2=O)cc(Br)cc1[N+](=O)[O-]. The van der Waals surface area contributed by atoms with Gasteiger partial charge in [-0.2, -0.15) is 0 Å². The van der Waals surface area contributed by atoms with Crippen LogP contribution in [0, 0.1) is 10.1 Å². The third-order valence-electron chi connectivity index (χ3n) is 4.36. The molecule has 1 aliphatic rings. The first-order valence-corrected chi connectivity index (χ1v) is 9.68. The summed E-state index contributed by atoms with van der Waals surface area (Å²) in [4.78, 5) is 36.2. The van der Waals surface area contributed by atoms with Crippen molar-refractivity contribution in [1.29, 1.82) is 0 Å². The molecule has 1 N–H and O–H groups in total. The molecule has 0 spiro atoms. The van der Waals surface area contributed by atoms with Crippen molar-refractivity contribution in [2.45, 2.75) is 26.4 Å². The highest BCUT2D eigenvalue weighted by Gasteiger charge is 2.35. The predicted octanol–water partition coefficient (Wildman–Crippen LogP) is 4.00. The van der Waals surface area contributed by atoms with Gasteiger partial charge in [-0.3, -0.25) is 25.1 Å². The first-order chi connectivity index (χ1) is 13.8. The first kappa shape index (κ1) is 20.5. The van der Waals surface area contributed by atoms with Crippen LogP contribution >= 0.6 is 15.9 Å². The fraction of sp³-hybridized carbons (Fsp3) is 0.200. The van der Waals surface area contributed by atoms with E-state index in [1.165, 1.54) is 12.1 Å². The second kappa shape index (κ2) is 8.44. The van der Waals surface area contributed by atoms with Gasteiger partial charge >= 0.3 is 5.69 Å². The van der Waals surface area contributed by atoms with Gasteiger partial charge in [0, 0.05) is 16.1 Å². The van der Waals surface area contributed by atoms with Crippen molar-refractivity contribution < 1.29 is 19.2 Å². The Morgan fingerprint density at radius 2 is 1.97 bits per heavy atom. The number of nitro groups is 1. The monoisotopic (exact) mass is 459 g/mol. The number of nitrogens with one attached hydrogen (secondary N) is 1. The number of hydrogen-bond acceptors (Lipinski definition) is 5. The molecule has 2 aromatic rings. The molecule has 0 bridgehead atoms. The maximum Gasteiger partial charge on any atom is 0.312 e. The zero-order valence-electron chi connectivity index (χ0n) is 15.7. The molecule has 1 fully saturated rings. The molecule has 0 radical (unpaired) electrons. The number of para-hydroxylation sites is 1. The number of anilines is 1. The Morgan fingerprint density at radius 1 is 1.28 bits per heavy atom. The van der Waals surface area contributed by atoms with Crippen LogP contribution in [0.3, 0.4) is 0 Å². The number of hydrogen-bond donors (Lipinski definition) is 1. The van der Waals surface area contributed by atoms with Crippen LogP contribution in [-0.2, 0) is 9.59 Å². The Kier molecular flexibility index (Phi) is 5.97. The fourth-order valence-corrected chi connectivity index (χ4v) is 3.19. The highest BCUT2D eigenvalue weighted by atomic mass is 79.9. The maximum atomic E-state index is 12.8.